The molecule has 6 aliphatic rings. The highest BCUT2D eigenvalue weighted by atomic mass is 32.2. The molecule has 15 nitrogen and oxygen atoms in total. The Kier molecular flexibility index (Phi) is 11.6. The van der Waals surface area contributed by atoms with E-state index in [1.54, 1.807) is 23.4 Å². The van der Waals surface area contributed by atoms with Crippen molar-refractivity contribution >= 4 is 56.1 Å². The first-order chi connectivity index (χ1) is 33.2. The van der Waals surface area contributed by atoms with E-state index < -0.39 is 57.0 Å². The summed E-state index contributed by atoms with van der Waals surface area (Å²) in [7, 11) is -4.36. The van der Waals surface area contributed by atoms with Gasteiger partial charge >= 0.3 is 10.2 Å². The van der Waals surface area contributed by atoms with Crippen molar-refractivity contribution in [2.24, 2.45) is 11.8 Å². The molecule has 11 rings (SSSR count). The first-order valence-electron chi connectivity index (χ1n) is 23.9. The SMILES string of the molecule is O=C1CC[C@H](N2Cc3cc(N4CCC(CC5CCN(C6(c7ccc(-c8cnc9[nH]cc(C(=O)c%10c(F)ccc(NS(=O)(=O)N%11CC[C@@H](F)C%11)c%10F)c9c8)cn7)CC6)CC5)CC4)ccc3C2=O)C(=O)N1. The molecule has 8 heterocycles. The van der Waals surface area contributed by atoms with Crippen LogP contribution in [0.2, 0.25) is 0 Å². The van der Waals surface area contributed by atoms with E-state index in [4.69, 9.17) is 4.98 Å². The number of hydrogen-bond acceptors (Lipinski definition) is 10. The van der Waals surface area contributed by atoms with Crippen LogP contribution in [0.3, 0.4) is 0 Å². The topological polar surface area (TPSA) is 181 Å². The fourth-order valence-electron chi connectivity index (χ4n) is 11.4. The number of rotatable bonds is 12. The van der Waals surface area contributed by atoms with Gasteiger partial charge in [-0.05, 0) is 131 Å². The van der Waals surface area contributed by atoms with Crippen LogP contribution in [0.1, 0.15) is 102 Å². The number of alkyl halides is 1. The second kappa shape index (κ2) is 17.7. The van der Waals surface area contributed by atoms with Crippen molar-refractivity contribution < 1.29 is 40.8 Å². The number of carbonyl (C=O) groups excluding carboxylic acids is 4. The van der Waals surface area contributed by atoms with Crippen LogP contribution < -0.4 is 14.9 Å². The standard InChI is InChI=1S/C50H52F3N9O6S/c51-34-13-20-61(28-34)69(67,68)58-40-5-4-39(52)44(45(40)53)46(64)38-26-56-47-37(38)23-32(25-55-47)31-1-7-42(54-24-31)50(14-15-50)60-18-11-30(12-19-60)21-29-9-16-59(17-10-29)35-2-3-36-33(22-35)27-62(49(36)66)41-6-8-43(63)57-48(41)65/h1-5,7,22-26,29-30,34,41,58H,6,8-21,27-28H2,(H,55,56)(H,57,63,65)/t34-,41+/m1/s1. The Morgan fingerprint density at radius 3 is 2.30 bits per heavy atom. The van der Waals surface area contributed by atoms with Crippen molar-refractivity contribution in [3.8, 4) is 11.1 Å². The zero-order chi connectivity index (χ0) is 47.8. The molecule has 2 aromatic carbocycles. The average molecular weight is 964 g/mol. The number of fused-ring (bicyclic) bond motifs is 2. The van der Waals surface area contributed by atoms with Gasteiger partial charge in [-0.3, -0.25) is 39.1 Å². The molecule has 4 saturated heterocycles. The van der Waals surface area contributed by atoms with Crippen molar-refractivity contribution in [1.29, 1.82) is 0 Å². The number of benzene rings is 2. The molecule has 3 amide bonds. The van der Waals surface area contributed by atoms with E-state index in [9.17, 15) is 32.0 Å². The zero-order valence-electron chi connectivity index (χ0n) is 37.9. The molecular formula is C50H52F3N9O6S. The lowest BCUT2D eigenvalue weighted by Gasteiger charge is -2.40. The Bertz CT molecular complexity index is 3000. The number of hydrogen-bond donors (Lipinski definition) is 3. The van der Waals surface area contributed by atoms with Crippen LogP contribution in [0.25, 0.3) is 22.2 Å². The van der Waals surface area contributed by atoms with Gasteiger partial charge in [-0.2, -0.15) is 12.7 Å². The van der Waals surface area contributed by atoms with Gasteiger partial charge in [0.25, 0.3) is 5.91 Å². The first-order valence-corrected chi connectivity index (χ1v) is 25.3. The van der Waals surface area contributed by atoms with Gasteiger partial charge in [-0.1, -0.05) is 6.07 Å². The highest BCUT2D eigenvalue weighted by molar-refractivity contribution is 7.90. The summed E-state index contributed by atoms with van der Waals surface area (Å²) in [6.07, 6.45) is 11.8. The second-order valence-corrected chi connectivity index (χ2v) is 21.3. The lowest BCUT2D eigenvalue weighted by atomic mass is 9.82. The lowest BCUT2D eigenvalue weighted by molar-refractivity contribution is -0.136. The lowest BCUT2D eigenvalue weighted by Crippen LogP contribution is -2.52. The van der Waals surface area contributed by atoms with E-state index in [0.29, 0.717) is 47.0 Å². The fraction of sp³-hybridized carbons (Fsp3) is 0.440. The first kappa shape index (κ1) is 45.3. The van der Waals surface area contributed by atoms with Crippen molar-refractivity contribution in [1.82, 2.24) is 34.4 Å². The molecule has 5 aliphatic heterocycles. The molecule has 3 N–H and O–H groups in total. The van der Waals surface area contributed by atoms with Gasteiger partial charge in [0.15, 0.2) is 5.82 Å². The van der Waals surface area contributed by atoms with E-state index in [1.807, 2.05) is 22.9 Å². The normalized spacial score (nSPS) is 22.6. The molecular weight excluding hydrogens is 912 g/mol. The second-order valence-electron chi connectivity index (χ2n) is 19.6. The summed E-state index contributed by atoms with van der Waals surface area (Å²) in [5, 5.41) is 2.70. The van der Waals surface area contributed by atoms with Gasteiger partial charge < -0.3 is 14.8 Å². The number of amides is 3. The highest BCUT2D eigenvalue weighted by Gasteiger charge is 2.51. The summed E-state index contributed by atoms with van der Waals surface area (Å²) in [6.45, 7) is 3.83. The minimum atomic E-state index is -4.36. The summed E-state index contributed by atoms with van der Waals surface area (Å²) < 4.78 is 73.3. The molecule has 360 valence electrons. The molecule has 0 spiro atoms. The number of nitrogens with zero attached hydrogens (tertiary/aromatic N) is 6. The van der Waals surface area contributed by atoms with Crippen molar-refractivity contribution in [3.63, 3.8) is 0 Å². The third-order valence-electron chi connectivity index (χ3n) is 15.4. The largest absolute Gasteiger partial charge is 0.372 e. The number of likely N-dealkylation sites (tertiary alicyclic amines) is 1. The van der Waals surface area contributed by atoms with E-state index in [0.717, 1.165) is 104 Å². The molecule has 2 atom stereocenters. The van der Waals surface area contributed by atoms with Crippen LogP contribution in [-0.4, -0.2) is 112 Å². The van der Waals surface area contributed by atoms with E-state index in [2.05, 4.69) is 37.2 Å². The van der Waals surface area contributed by atoms with Gasteiger partial charge in [0, 0.05) is 91.1 Å². The van der Waals surface area contributed by atoms with Crippen molar-refractivity contribution in [2.75, 3.05) is 48.9 Å². The Balaban J connectivity index is 0.693. The Hall–Kier alpha value is -6.18. The Morgan fingerprint density at radius 2 is 1.61 bits per heavy atom. The van der Waals surface area contributed by atoms with E-state index in [-0.39, 0.29) is 48.8 Å². The third-order valence-corrected chi connectivity index (χ3v) is 16.9. The molecule has 1 aliphatic carbocycles. The van der Waals surface area contributed by atoms with E-state index >= 15 is 8.78 Å². The van der Waals surface area contributed by atoms with Gasteiger partial charge in [-0.25, -0.2) is 18.2 Å². The van der Waals surface area contributed by atoms with Gasteiger partial charge in [0.1, 0.15) is 23.7 Å². The highest BCUT2D eigenvalue weighted by Crippen LogP contribution is 2.52. The summed E-state index contributed by atoms with van der Waals surface area (Å²) in [5.74, 6) is -3.08. The van der Waals surface area contributed by atoms with E-state index in [1.165, 1.54) is 12.6 Å². The van der Waals surface area contributed by atoms with Crippen LogP contribution in [0.15, 0.2) is 67.1 Å². The number of halogens is 3. The third kappa shape index (κ3) is 8.45. The molecule has 1 saturated carbocycles. The fourth-order valence-corrected chi connectivity index (χ4v) is 12.6. The number of carbonyl (C=O) groups is 4. The molecule has 5 aromatic rings. The number of piperidine rings is 3. The number of pyridine rings is 2. The molecule has 69 heavy (non-hydrogen) atoms. The summed E-state index contributed by atoms with van der Waals surface area (Å²) in [6, 6.07) is 12.8. The molecule has 5 fully saturated rings. The molecule has 19 heteroatoms. The monoisotopic (exact) mass is 963 g/mol. The summed E-state index contributed by atoms with van der Waals surface area (Å²) in [4.78, 5) is 70.1. The summed E-state index contributed by atoms with van der Waals surface area (Å²) >= 11 is 0. The molecule has 0 unspecified atom stereocenters. The number of imide groups is 1. The average Bonchev–Trinajstić information content (AvgIpc) is 3.66. The minimum absolute atomic E-state index is 0.00304. The van der Waals surface area contributed by atoms with Crippen LogP contribution in [0, 0.1) is 23.5 Å². The quantitative estimate of drug-likeness (QED) is 0.0911. The molecule has 0 bridgehead atoms. The zero-order valence-corrected chi connectivity index (χ0v) is 38.7. The van der Waals surface area contributed by atoms with Crippen LogP contribution in [0.5, 0.6) is 0 Å². The predicted octanol–water partition coefficient (Wildman–Crippen LogP) is 6.60. The van der Waals surface area contributed by atoms with Crippen LogP contribution >= 0.6 is 0 Å². The number of aromatic nitrogens is 3. The van der Waals surface area contributed by atoms with Crippen molar-refractivity contribution in [3.05, 3.63) is 107 Å². The van der Waals surface area contributed by atoms with Crippen LogP contribution in [-0.2, 0) is 31.9 Å². The van der Waals surface area contributed by atoms with Gasteiger partial charge in [0.05, 0.1) is 22.5 Å². The smallest absolute Gasteiger partial charge is 0.301 e. The number of ketones is 1. The summed E-state index contributed by atoms with van der Waals surface area (Å²) in [5.41, 5.74) is 3.68. The maximum atomic E-state index is 15.8. The number of aromatic amines is 1. The number of nitrogens with one attached hydrogen (secondary N) is 3. The van der Waals surface area contributed by atoms with Crippen LogP contribution in [0.4, 0.5) is 24.5 Å². The number of anilines is 2. The maximum Gasteiger partial charge on any atom is 0.301 e. The number of H-pyrrole nitrogens is 1. The van der Waals surface area contributed by atoms with Gasteiger partial charge in [0.2, 0.25) is 17.6 Å². The molecule has 0 radical (unpaired) electrons. The van der Waals surface area contributed by atoms with Gasteiger partial charge in [-0.15, -0.1) is 0 Å². The molecule has 3 aromatic heterocycles. The predicted molar refractivity (Wildman–Crippen MR) is 250 cm³/mol. The van der Waals surface area contributed by atoms with Crippen molar-refractivity contribution in [2.45, 2.75) is 88.5 Å². The Labute approximate surface area is 397 Å². The maximum absolute atomic E-state index is 15.8. The Morgan fingerprint density at radius 1 is 0.855 bits per heavy atom. The minimum Gasteiger partial charge on any atom is -0.372 e.